The molecule has 0 radical (unpaired) electrons. The van der Waals surface area contributed by atoms with Crippen LogP contribution in [0.1, 0.15) is 55.7 Å². The van der Waals surface area contributed by atoms with Crippen LogP contribution in [0, 0.1) is 0 Å². The number of carbonyl (C=O) groups is 3. The first-order valence-corrected chi connectivity index (χ1v) is 14.0. The number of carbonyl (C=O) groups excluding carboxylic acids is 3. The molecule has 2 fully saturated rings. The van der Waals surface area contributed by atoms with E-state index >= 15 is 0 Å². The molecule has 1 aliphatic heterocycles. The van der Waals surface area contributed by atoms with Crippen LogP contribution in [0.5, 0.6) is 0 Å². The van der Waals surface area contributed by atoms with Crippen molar-refractivity contribution in [2.45, 2.75) is 64.6 Å². The third-order valence-electron chi connectivity index (χ3n) is 7.09. The zero-order valence-electron chi connectivity index (χ0n) is 20.8. The summed E-state index contributed by atoms with van der Waals surface area (Å²) >= 11 is 6.91. The van der Waals surface area contributed by atoms with Crippen molar-refractivity contribution >= 4 is 57.4 Å². The van der Waals surface area contributed by atoms with E-state index < -0.39 is 0 Å². The van der Waals surface area contributed by atoms with E-state index in [1.807, 2.05) is 35.0 Å². The van der Waals surface area contributed by atoms with Gasteiger partial charge in [0.2, 0.25) is 5.91 Å². The Labute approximate surface area is 226 Å². The predicted octanol–water partition coefficient (Wildman–Crippen LogP) is 6.54. The lowest BCUT2D eigenvalue weighted by molar-refractivity contribution is -0.123. The lowest BCUT2D eigenvalue weighted by Gasteiger charge is -2.23. The quantitative estimate of drug-likeness (QED) is 0.348. The number of hydrogen-bond donors (Lipinski definition) is 1. The number of amides is 3. The second-order valence-corrected chi connectivity index (χ2v) is 11.1. The first-order chi connectivity index (χ1) is 17.9. The highest BCUT2D eigenvalue weighted by atomic mass is 35.5. The van der Waals surface area contributed by atoms with Gasteiger partial charge in [-0.25, -0.2) is 0 Å². The van der Waals surface area contributed by atoms with E-state index in [1.54, 1.807) is 18.2 Å². The van der Waals surface area contributed by atoms with Gasteiger partial charge in [0, 0.05) is 28.2 Å². The fourth-order valence-electron chi connectivity index (χ4n) is 5.22. The van der Waals surface area contributed by atoms with E-state index in [0.717, 1.165) is 71.5 Å². The molecular weight excluding hydrogens is 506 g/mol. The summed E-state index contributed by atoms with van der Waals surface area (Å²) in [6.07, 6.45) is 10.2. The van der Waals surface area contributed by atoms with Crippen LogP contribution in [-0.2, 0) is 29.1 Å². The highest BCUT2D eigenvalue weighted by Crippen LogP contribution is 2.35. The van der Waals surface area contributed by atoms with Crippen molar-refractivity contribution in [3.8, 4) is 0 Å². The molecule has 2 aliphatic rings. The number of nitrogens with one attached hydrogen (secondary N) is 1. The lowest BCUT2D eigenvalue weighted by Crippen LogP contribution is -2.38. The molecule has 2 heterocycles. The second-order valence-electron chi connectivity index (χ2n) is 9.68. The molecule has 0 unspecified atom stereocenters. The number of aryl methyl sites for hydroxylation is 1. The van der Waals surface area contributed by atoms with Gasteiger partial charge >= 0.3 is 0 Å². The molecule has 1 saturated carbocycles. The zero-order valence-corrected chi connectivity index (χ0v) is 22.4. The van der Waals surface area contributed by atoms with Crippen molar-refractivity contribution < 1.29 is 14.4 Å². The molecule has 1 saturated heterocycles. The highest BCUT2D eigenvalue weighted by Gasteiger charge is 2.35. The van der Waals surface area contributed by atoms with Crippen molar-refractivity contribution in [2.75, 3.05) is 0 Å². The van der Waals surface area contributed by atoms with Crippen LogP contribution in [0.15, 0.2) is 53.6 Å². The summed E-state index contributed by atoms with van der Waals surface area (Å²) in [5, 5.41) is 4.48. The van der Waals surface area contributed by atoms with Crippen LogP contribution in [0.4, 0.5) is 4.79 Å². The third-order valence-corrected chi connectivity index (χ3v) is 8.25. The van der Waals surface area contributed by atoms with Crippen molar-refractivity contribution in [2.24, 2.45) is 0 Å². The SMILES string of the molecule is CCc1cccc2c(/C=C3\SC(=O)N(Cc4ccc(Cl)cc4)C3=O)cn(CC(=O)NC3CCCCC3)c12. The van der Waals surface area contributed by atoms with Gasteiger partial charge in [-0.05, 0) is 60.4 Å². The summed E-state index contributed by atoms with van der Waals surface area (Å²) in [6.45, 7) is 2.51. The van der Waals surface area contributed by atoms with Gasteiger partial charge in [0.15, 0.2) is 0 Å². The van der Waals surface area contributed by atoms with E-state index in [0.29, 0.717) is 9.93 Å². The van der Waals surface area contributed by atoms with Crippen LogP contribution in [0.2, 0.25) is 5.02 Å². The number of thioether (sulfide) groups is 1. The molecular formula is C29H30ClN3O3S. The summed E-state index contributed by atoms with van der Waals surface area (Å²) < 4.78 is 1.98. The Morgan fingerprint density at radius 2 is 1.86 bits per heavy atom. The highest BCUT2D eigenvalue weighted by molar-refractivity contribution is 8.18. The summed E-state index contributed by atoms with van der Waals surface area (Å²) in [6, 6.07) is 13.4. The largest absolute Gasteiger partial charge is 0.352 e. The molecule has 0 bridgehead atoms. The number of hydrogen-bond acceptors (Lipinski definition) is 4. The van der Waals surface area contributed by atoms with Crippen LogP contribution < -0.4 is 5.32 Å². The van der Waals surface area contributed by atoms with Crippen LogP contribution in [0.25, 0.3) is 17.0 Å². The summed E-state index contributed by atoms with van der Waals surface area (Å²) in [7, 11) is 0. The number of rotatable bonds is 7. The molecule has 2 aromatic carbocycles. The van der Waals surface area contributed by atoms with Gasteiger partial charge in [-0.15, -0.1) is 0 Å². The normalized spacial score (nSPS) is 17.8. The van der Waals surface area contributed by atoms with Crippen LogP contribution in [-0.4, -0.2) is 32.6 Å². The fraction of sp³-hybridized carbons (Fsp3) is 0.345. The number of benzene rings is 2. The van der Waals surface area contributed by atoms with Gasteiger partial charge in [-0.2, -0.15) is 0 Å². The van der Waals surface area contributed by atoms with E-state index in [1.165, 1.54) is 11.3 Å². The van der Waals surface area contributed by atoms with Crippen molar-refractivity contribution in [1.82, 2.24) is 14.8 Å². The Bertz CT molecular complexity index is 1370. The molecule has 0 spiro atoms. The van der Waals surface area contributed by atoms with Gasteiger partial charge in [0.05, 0.1) is 17.0 Å². The van der Waals surface area contributed by atoms with Gasteiger partial charge in [-0.1, -0.05) is 68.1 Å². The molecule has 1 N–H and O–H groups in total. The Morgan fingerprint density at radius 1 is 1.11 bits per heavy atom. The van der Waals surface area contributed by atoms with E-state index in [9.17, 15) is 14.4 Å². The summed E-state index contributed by atoms with van der Waals surface area (Å²) in [5.74, 6) is -0.308. The molecule has 37 heavy (non-hydrogen) atoms. The third kappa shape index (κ3) is 5.63. The van der Waals surface area contributed by atoms with E-state index in [-0.39, 0.29) is 36.2 Å². The van der Waals surface area contributed by atoms with Gasteiger partial charge in [0.1, 0.15) is 6.54 Å². The fourth-order valence-corrected chi connectivity index (χ4v) is 6.17. The Morgan fingerprint density at radius 3 is 2.59 bits per heavy atom. The maximum absolute atomic E-state index is 13.2. The number of para-hydroxylation sites is 1. The standard InChI is InChI=1S/C29H30ClN3O3S/c1-2-20-7-6-10-24-21(17-32(27(20)24)18-26(34)31-23-8-4-3-5-9-23)15-25-28(35)33(29(36)37-25)16-19-11-13-22(30)14-12-19/h6-7,10-15,17,23H,2-5,8-9,16,18H2,1H3,(H,31,34)/b25-15-. The molecule has 1 aliphatic carbocycles. The first-order valence-electron chi connectivity index (χ1n) is 12.8. The predicted molar refractivity (Wildman–Crippen MR) is 149 cm³/mol. The van der Waals surface area contributed by atoms with E-state index in [4.69, 9.17) is 11.6 Å². The minimum atomic E-state index is -0.312. The number of fused-ring (bicyclic) bond motifs is 1. The summed E-state index contributed by atoms with van der Waals surface area (Å²) in [5.41, 5.74) is 3.79. The molecule has 5 rings (SSSR count). The molecule has 192 valence electrons. The molecule has 3 amide bonds. The minimum Gasteiger partial charge on any atom is -0.352 e. The molecule has 3 aromatic rings. The number of nitrogens with zero attached hydrogens (tertiary/aromatic N) is 2. The van der Waals surface area contributed by atoms with Gasteiger partial charge in [0.25, 0.3) is 11.1 Å². The van der Waals surface area contributed by atoms with Crippen LogP contribution >= 0.6 is 23.4 Å². The number of aromatic nitrogens is 1. The van der Waals surface area contributed by atoms with Crippen molar-refractivity contribution in [1.29, 1.82) is 0 Å². The molecule has 0 atom stereocenters. The first kappa shape index (κ1) is 25.6. The Kier molecular flexibility index (Phi) is 7.72. The molecule has 6 nitrogen and oxygen atoms in total. The zero-order chi connectivity index (χ0) is 25.9. The average molecular weight is 536 g/mol. The maximum atomic E-state index is 13.2. The van der Waals surface area contributed by atoms with Crippen molar-refractivity contribution in [3.05, 3.63) is 75.3 Å². The van der Waals surface area contributed by atoms with Gasteiger partial charge < -0.3 is 9.88 Å². The monoisotopic (exact) mass is 535 g/mol. The average Bonchev–Trinajstić information content (AvgIpc) is 3.37. The lowest BCUT2D eigenvalue weighted by atomic mass is 9.95. The Balaban J connectivity index is 1.42. The topological polar surface area (TPSA) is 71.4 Å². The van der Waals surface area contributed by atoms with Crippen LogP contribution in [0.3, 0.4) is 0 Å². The summed E-state index contributed by atoms with van der Waals surface area (Å²) in [4.78, 5) is 40.5. The number of imide groups is 1. The van der Waals surface area contributed by atoms with Gasteiger partial charge in [-0.3, -0.25) is 19.3 Å². The second kappa shape index (κ2) is 11.2. The van der Waals surface area contributed by atoms with E-state index in [2.05, 4.69) is 18.3 Å². The molecule has 8 heteroatoms. The maximum Gasteiger partial charge on any atom is 0.293 e. The number of halogens is 1. The minimum absolute atomic E-state index is 0.00421. The smallest absolute Gasteiger partial charge is 0.293 e. The Hall–Kier alpha value is -3.03. The molecule has 1 aromatic heterocycles. The van der Waals surface area contributed by atoms with Crippen molar-refractivity contribution in [3.63, 3.8) is 0 Å².